The predicted molar refractivity (Wildman–Crippen MR) is 91.5 cm³/mol. The molecule has 1 atom stereocenters. The molecular formula is C18H24N2O5. The van der Waals surface area contributed by atoms with Gasteiger partial charge >= 0.3 is 5.97 Å². The minimum Gasteiger partial charge on any atom is -0.493 e. The van der Waals surface area contributed by atoms with E-state index in [2.05, 4.69) is 5.32 Å². The van der Waals surface area contributed by atoms with Gasteiger partial charge in [-0.05, 0) is 31.9 Å². The number of carbonyl (C=O) groups excluding carboxylic acids is 2. The van der Waals surface area contributed by atoms with Gasteiger partial charge in [-0.15, -0.1) is 0 Å². The third-order valence-electron chi connectivity index (χ3n) is 4.17. The first-order valence-electron chi connectivity index (χ1n) is 8.53. The van der Waals surface area contributed by atoms with Crippen LogP contribution >= 0.6 is 0 Å². The van der Waals surface area contributed by atoms with Gasteiger partial charge in [-0.1, -0.05) is 12.1 Å². The highest BCUT2D eigenvalue weighted by Gasteiger charge is 2.30. The number of nitrogens with one attached hydrogen (secondary N) is 1. The van der Waals surface area contributed by atoms with Crippen LogP contribution in [0.15, 0.2) is 24.3 Å². The molecule has 1 aromatic rings. The van der Waals surface area contributed by atoms with Crippen molar-refractivity contribution in [3.8, 4) is 5.75 Å². The molecule has 0 spiro atoms. The van der Waals surface area contributed by atoms with Crippen molar-refractivity contribution >= 4 is 17.8 Å². The summed E-state index contributed by atoms with van der Waals surface area (Å²) in [4.78, 5) is 36.8. The molecule has 0 radical (unpaired) electrons. The first-order chi connectivity index (χ1) is 12.0. The molecule has 0 saturated carbocycles. The summed E-state index contributed by atoms with van der Waals surface area (Å²) in [6, 6.07) is 7.02. The molecule has 25 heavy (non-hydrogen) atoms. The zero-order valence-electron chi connectivity index (χ0n) is 14.4. The molecule has 7 nitrogen and oxygen atoms in total. The third kappa shape index (κ3) is 5.20. The number of likely N-dealkylation sites (tertiary alicyclic amines) is 1. The van der Waals surface area contributed by atoms with Crippen molar-refractivity contribution in [3.63, 3.8) is 0 Å². The Morgan fingerprint density at radius 1 is 1.32 bits per heavy atom. The van der Waals surface area contributed by atoms with E-state index in [9.17, 15) is 14.4 Å². The van der Waals surface area contributed by atoms with E-state index in [1.54, 1.807) is 29.2 Å². The standard InChI is InChI=1S/C18H24N2O5/c1-2-25-15-7-4-3-6-14(15)17(22)19-10-5-8-16(21)20-11-9-13(12-20)18(23)24/h3-4,6-7,13H,2,5,8-12H2,1H3,(H,19,22)(H,23,24). The number of carboxylic acids is 1. The quantitative estimate of drug-likeness (QED) is 0.695. The largest absolute Gasteiger partial charge is 0.493 e. The molecule has 1 heterocycles. The minimum absolute atomic E-state index is 0.0623. The Bertz CT molecular complexity index is 632. The van der Waals surface area contributed by atoms with Crippen molar-refractivity contribution in [1.82, 2.24) is 10.2 Å². The van der Waals surface area contributed by atoms with Gasteiger partial charge < -0.3 is 20.1 Å². The number of hydrogen-bond acceptors (Lipinski definition) is 4. The second-order valence-corrected chi connectivity index (χ2v) is 5.95. The second-order valence-electron chi connectivity index (χ2n) is 5.95. The number of nitrogens with zero attached hydrogens (tertiary/aromatic N) is 1. The first kappa shape index (κ1) is 18.8. The van der Waals surface area contributed by atoms with Gasteiger partial charge in [0.05, 0.1) is 18.1 Å². The fourth-order valence-corrected chi connectivity index (χ4v) is 2.82. The minimum atomic E-state index is -0.851. The van der Waals surface area contributed by atoms with E-state index in [0.717, 1.165) is 0 Å². The summed E-state index contributed by atoms with van der Waals surface area (Å²) in [5.74, 6) is -1.07. The van der Waals surface area contributed by atoms with Gasteiger partial charge in [-0.3, -0.25) is 14.4 Å². The van der Waals surface area contributed by atoms with Crippen molar-refractivity contribution in [3.05, 3.63) is 29.8 Å². The van der Waals surface area contributed by atoms with Gasteiger partial charge in [0, 0.05) is 26.1 Å². The summed E-state index contributed by atoms with van der Waals surface area (Å²) in [6.07, 6.45) is 1.31. The lowest BCUT2D eigenvalue weighted by Crippen LogP contribution is -2.31. The fourth-order valence-electron chi connectivity index (χ4n) is 2.82. The molecule has 1 aliphatic heterocycles. The average molecular weight is 348 g/mol. The van der Waals surface area contributed by atoms with Crippen molar-refractivity contribution in [2.75, 3.05) is 26.2 Å². The molecule has 136 valence electrons. The number of aliphatic carboxylic acids is 1. The van der Waals surface area contributed by atoms with Crippen LogP contribution in [-0.2, 0) is 9.59 Å². The molecule has 2 N–H and O–H groups in total. The second kappa shape index (κ2) is 9.05. The Balaban J connectivity index is 1.73. The molecule has 1 aromatic carbocycles. The van der Waals surface area contributed by atoms with Crippen LogP contribution in [0.5, 0.6) is 5.75 Å². The SMILES string of the molecule is CCOc1ccccc1C(=O)NCCCC(=O)N1CCC(C(=O)O)C1. The van der Waals surface area contributed by atoms with Crippen LogP contribution in [-0.4, -0.2) is 54.0 Å². The van der Waals surface area contributed by atoms with Crippen LogP contribution in [0.1, 0.15) is 36.5 Å². The van der Waals surface area contributed by atoms with E-state index in [1.165, 1.54) is 0 Å². The van der Waals surface area contributed by atoms with Crippen molar-refractivity contribution in [2.24, 2.45) is 5.92 Å². The number of carbonyl (C=O) groups is 3. The number of ether oxygens (including phenoxy) is 1. The Hall–Kier alpha value is -2.57. The molecule has 7 heteroatoms. The van der Waals surface area contributed by atoms with Crippen molar-refractivity contribution in [1.29, 1.82) is 0 Å². The van der Waals surface area contributed by atoms with E-state index in [4.69, 9.17) is 9.84 Å². The van der Waals surface area contributed by atoms with Crippen molar-refractivity contribution < 1.29 is 24.2 Å². The molecule has 0 bridgehead atoms. The highest BCUT2D eigenvalue weighted by Crippen LogP contribution is 2.18. The van der Waals surface area contributed by atoms with E-state index in [1.807, 2.05) is 6.92 Å². The average Bonchev–Trinajstić information content (AvgIpc) is 3.09. The smallest absolute Gasteiger partial charge is 0.308 e. The first-order valence-corrected chi connectivity index (χ1v) is 8.53. The Kier molecular flexibility index (Phi) is 6.80. The lowest BCUT2D eigenvalue weighted by atomic mass is 10.1. The molecule has 1 fully saturated rings. The normalized spacial score (nSPS) is 16.5. The van der Waals surface area contributed by atoms with Crippen LogP contribution in [0.3, 0.4) is 0 Å². The number of carboxylic acid groups (broad SMARTS) is 1. The van der Waals surface area contributed by atoms with E-state index in [-0.39, 0.29) is 18.4 Å². The van der Waals surface area contributed by atoms with Crippen LogP contribution in [0.2, 0.25) is 0 Å². The molecule has 1 saturated heterocycles. The molecule has 0 aliphatic carbocycles. The molecule has 1 aliphatic rings. The molecule has 1 unspecified atom stereocenters. The van der Waals surface area contributed by atoms with Gasteiger partial charge in [-0.2, -0.15) is 0 Å². The van der Waals surface area contributed by atoms with Crippen LogP contribution in [0.4, 0.5) is 0 Å². The Morgan fingerprint density at radius 2 is 2.08 bits per heavy atom. The molecule has 2 amide bonds. The topological polar surface area (TPSA) is 95.9 Å². The van der Waals surface area contributed by atoms with Crippen LogP contribution in [0, 0.1) is 5.92 Å². The molecule has 2 rings (SSSR count). The zero-order chi connectivity index (χ0) is 18.2. The summed E-state index contributed by atoms with van der Waals surface area (Å²) in [5, 5.41) is 11.7. The monoisotopic (exact) mass is 348 g/mol. The molecular weight excluding hydrogens is 324 g/mol. The summed E-state index contributed by atoms with van der Waals surface area (Å²) >= 11 is 0. The molecule has 0 aromatic heterocycles. The van der Waals surface area contributed by atoms with Gasteiger partial charge in [0.15, 0.2) is 0 Å². The number of benzene rings is 1. The van der Waals surface area contributed by atoms with Gasteiger partial charge in [0.25, 0.3) is 5.91 Å². The maximum Gasteiger partial charge on any atom is 0.308 e. The Labute approximate surface area is 147 Å². The van der Waals surface area contributed by atoms with Gasteiger partial charge in [0.2, 0.25) is 5.91 Å². The maximum atomic E-state index is 12.2. The summed E-state index contributed by atoms with van der Waals surface area (Å²) in [5.41, 5.74) is 0.472. The lowest BCUT2D eigenvalue weighted by Gasteiger charge is -2.16. The maximum absolute atomic E-state index is 12.2. The number of amides is 2. The highest BCUT2D eigenvalue weighted by atomic mass is 16.5. The van der Waals surface area contributed by atoms with Crippen LogP contribution in [0.25, 0.3) is 0 Å². The highest BCUT2D eigenvalue weighted by molar-refractivity contribution is 5.96. The van der Waals surface area contributed by atoms with E-state index < -0.39 is 11.9 Å². The predicted octanol–water partition coefficient (Wildman–Crippen LogP) is 1.53. The van der Waals surface area contributed by atoms with Gasteiger partial charge in [0.1, 0.15) is 5.75 Å². The summed E-state index contributed by atoms with van der Waals surface area (Å²) < 4.78 is 5.43. The van der Waals surface area contributed by atoms with Gasteiger partial charge in [-0.25, -0.2) is 0 Å². The fraction of sp³-hybridized carbons (Fsp3) is 0.500. The van der Waals surface area contributed by atoms with E-state index in [0.29, 0.717) is 50.3 Å². The number of rotatable bonds is 8. The van der Waals surface area contributed by atoms with Crippen LogP contribution < -0.4 is 10.1 Å². The third-order valence-corrected chi connectivity index (χ3v) is 4.17. The summed E-state index contributed by atoms with van der Waals surface area (Å²) in [6.45, 7) is 3.48. The van der Waals surface area contributed by atoms with Crippen molar-refractivity contribution in [2.45, 2.75) is 26.2 Å². The van der Waals surface area contributed by atoms with E-state index >= 15 is 0 Å². The zero-order valence-corrected chi connectivity index (χ0v) is 14.4. The number of hydrogen-bond donors (Lipinski definition) is 2. The lowest BCUT2D eigenvalue weighted by molar-refractivity contribution is -0.141. The Morgan fingerprint density at radius 3 is 2.76 bits per heavy atom. The number of para-hydroxylation sites is 1. The summed E-state index contributed by atoms with van der Waals surface area (Å²) in [7, 11) is 0.